The van der Waals surface area contributed by atoms with Crippen LogP contribution in [-0.4, -0.2) is 31.7 Å². The summed E-state index contributed by atoms with van der Waals surface area (Å²) in [5.74, 6) is -0.769. The fourth-order valence-electron chi connectivity index (χ4n) is 1.29. The van der Waals surface area contributed by atoms with Gasteiger partial charge in [0.2, 0.25) is 0 Å². The number of nitriles is 1. The average molecular weight is 268 g/mol. The molecule has 18 heavy (non-hydrogen) atoms. The Morgan fingerprint density at radius 3 is 2.50 bits per heavy atom. The van der Waals surface area contributed by atoms with Crippen LogP contribution in [0.3, 0.4) is 0 Å². The van der Waals surface area contributed by atoms with Crippen molar-refractivity contribution in [1.82, 2.24) is 4.31 Å². The highest BCUT2D eigenvalue weighted by Gasteiger charge is 2.28. The van der Waals surface area contributed by atoms with Crippen LogP contribution >= 0.6 is 0 Å². The predicted molar refractivity (Wildman–Crippen MR) is 63.8 cm³/mol. The van der Waals surface area contributed by atoms with E-state index in [0.717, 1.165) is 7.11 Å². The second-order valence-corrected chi connectivity index (χ2v) is 5.27. The van der Waals surface area contributed by atoms with Gasteiger partial charge in [0.1, 0.15) is 0 Å². The maximum atomic E-state index is 11.7. The lowest BCUT2D eigenvalue weighted by Crippen LogP contribution is -2.37. The van der Waals surface area contributed by atoms with Gasteiger partial charge in [-0.15, -0.1) is 0 Å². The third-order valence-corrected chi connectivity index (χ3v) is 3.57. The molecule has 0 spiro atoms. The Kier molecular flexibility index (Phi) is 4.68. The van der Waals surface area contributed by atoms with E-state index < -0.39 is 21.9 Å². The summed E-state index contributed by atoms with van der Waals surface area (Å²) < 4.78 is 28.4. The van der Waals surface area contributed by atoms with Crippen LogP contribution in [0, 0.1) is 11.3 Å². The maximum absolute atomic E-state index is 11.7. The minimum absolute atomic E-state index is 0.155. The Bertz CT molecular complexity index is 548. The molecule has 0 atom stereocenters. The van der Waals surface area contributed by atoms with E-state index in [0.29, 0.717) is 9.87 Å². The highest BCUT2D eigenvalue weighted by atomic mass is 32.2. The van der Waals surface area contributed by atoms with Crippen molar-refractivity contribution in [2.24, 2.45) is 0 Å². The normalized spacial score (nSPS) is 10.4. The summed E-state index contributed by atoms with van der Waals surface area (Å²) in [6, 6.07) is 10.1. The minimum atomic E-state index is -3.98. The Morgan fingerprint density at radius 2 is 2.00 bits per heavy atom. The van der Waals surface area contributed by atoms with E-state index in [2.05, 4.69) is 4.74 Å². The van der Waals surface area contributed by atoms with E-state index in [1.807, 2.05) is 0 Å². The quantitative estimate of drug-likeness (QED) is 0.816. The van der Waals surface area contributed by atoms with E-state index in [1.165, 1.54) is 6.07 Å². The molecule has 1 rings (SSSR count). The smallest absolute Gasteiger partial charge is 0.423 e. The Labute approximate surface area is 105 Å². The van der Waals surface area contributed by atoms with Crippen LogP contribution in [0.2, 0.25) is 0 Å². The molecule has 7 heteroatoms. The van der Waals surface area contributed by atoms with Gasteiger partial charge >= 0.3 is 6.09 Å². The lowest BCUT2D eigenvalue weighted by molar-refractivity contribution is 0.147. The molecule has 0 bridgehead atoms. The van der Waals surface area contributed by atoms with Crippen molar-refractivity contribution in [3.63, 3.8) is 0 Å². The highest BCUT2D eigenvalue weighted by Crippen LogP contribution is 2.11. The summed E-state index contributed by atoms with van der Waals surface area (Å²) >= 11 is 0. The van der Waals surface area contributed by atoms with Gasteiger partial charge in [0.25, 0.3) is 10.0 Å². The number of nitrogens with zero attached hydrogens (tertiary/aromatic N) is 2. The molecule has 1 aromatic rings. The molecule has 0 saturated carbocycles. The molecule has 0 aromatic heterocycles. The van der Waals surface area contributed by atoms with E-state index in [1.54, 1.807) is 30.3 Å². The van der Waals surface area contributed by atoms with Crippen molar-refractivity contribution in [3.05, 3.63) is 35.9 Å². The summed E-state index contributed by atoms with van der Waals surface area (Å²) in [4.78, 5) is 11.5. The topological polar surface area (TPSA) is 87.5 Å². The van der Waals surface area contributed by atoms with Crippen molar-refractivity contribution < 1.29 is 17.9 Å². The molecule has 0 aliphatic heterocycles. The zero-order valence-corrected chi connectivity index (χ0v) is 10.6. The molecule has 0 heterocycles. The molecule has 1 aromatic carbocycles. The average Bonchev–Trinajstić information content (AvgIpc) is 2.36. The number of sulfonamides is 1. The van der Waals surface area contributed by atoms with Gasteiger partial charge in [0, 0.05) is 0 Å². The molecule has 0 unspecified atom stereocenters. The van der Waals surface area contributed by atoms with E-state index >= 15 is 0 Å². The van der Waals surface area contributed by atoms with Crippen LogP contribution in [-0.2, 0) is 21.3 Å². The number of carbonyl (C=O) groups excluding carboxylic acids is 1. The van der Waals surface area contributed by atoms with Crippen LogP contribution in [0.1, 0.15) is 5.56 Å². The van der Waals surface area contributed by atoms with Crippen LogP contribution in [0.25, 0.3) is 0 Å². The molecule has 6 nitrogen and oxygen atoms in total. The second kappa shape index (κ2) is 6.02. The van der Waals surface area contributed by atoms with Gasteiger partial charge in [0.15, 0.2) is 5.75 Å². The van der Waals surface area contributed by atoms with E-state index in [4.69, 9.17) is 5.26 Å². The summed E-state index contributed by atoms with van der Waals surface area (Å²) in [6.07, 6.45) is -1.01. The van der Waals surface area contributed by atoms with Crippen molar-refractivity contribution in [3.8, 4) is 6.07 Å². The zero-order valence-electron chi connectivity index (χ0n) is 9.74. The number of benzene rings is 1. The molecule has 0 aliphatic carbocycles. The van der Waals surface area contributed by atoms with Gasteiger partial charge in [-0.05, 0) is 5.56 Å². The number of carbonyl (C=O) groups is 1. The SMILES string of the molecule is COC(=O)N(Cc1ccccc1)S(=O)(=O)CC#N. The fourth-order valence-corrected chi connectivity index (χ4v) is 2.25. The molecular weight excluding hydrogens is 256 g/mol. The largest absolute Gasteiger partial charge is 0.452 e. The summed E-state index contributed by atoms with van der Waals surface area (Å²) in [5, 5.41) is 8.46. The summed E-state index contributed by atoms with van der Waals surface area (Å²) in [5.41, 5.74) is 0.629. The van der Waals surface area contributed by atoms with Gasteiger partial charge in [-0.2, -0.15) is 9.57 Å². The van der Waals surface area contributed by atoms with Crippen LogP contribution in [0.15, 0.2) is 30.3 Å². The van der Waals surface area contributed by atoms with Gasteiger partial charge in [-0.25, -0.2) is 13.2 Å². The Hall–Kier alpha value is -2.07. The first-order chi connectivity index (χ1) is 8.51. The third kappa shape index (κ3) is 3.46. The molecule has 0 radical (unpaired) electrons. The molecule has 0 N–H and O–H groups in total. The molecule has 0 saturated heterocycles. The van der Waals surface area contributed by atoms with Crippen molar-refractivity contribution in [1.29, 1.82) is 5.26 Å². The van der Waals surface area contributed by atoms with Gasteiger partial charge in [0.05, 0.1) is 19.7 Å². The van der Waals surface area contributed by atoms with Crippen LogP contribution in [0.5, 0.6) is 0 Å². The lowest BCUT2D eigenvalue weighted by Gasteiger charge is -2.19. The first-order valence-corrected chi connectivity index (χ1v) is 6.61. The van der Waals surface area contributed by atoms with Crippen molar-refractivity contribution >= 4 is 16.1 Å². The molecule has 96 valence electrons. The second-order valence-electron chi connectivity index (χ2n) is 3.38. The van der Waals surface area contributed by atoms with Crippen LogP contribution in [0.4, 0.5) is 4.79 Å². The first kappa shape index (κ1) is 14.0. The van der Waals surface area contributed by atoms with Crippen molar-refractivity contribution in [2.75, 3.05) is 12.9 Å². The molecular formula is C11H12N2O4S. The van der Waals surface area contributed by atoms with Crippen molar-refractivity contribution in [2.45, 2.75) is 6.54 Å². The minimum Gasteiger partial charge on any atom is -0.452 e. The van der Waals surface area contributed by atoms with E-state index in [-0.39, 0.29) is 6.54 Å². The number of methoxy groups -OCH3 is 1. The maximum Gasteiger partial charge on any atom is 0.423 e. The Balaban J connectivity index is 3.01. The summed E-state index contributed by atoms with van der Waals surface area (Å²) in [6.45, 7) is -0.155. The first-order valence-electron chi connectivity index (χ1n) is 5.00. The van der Waals surface area contributed by atoms with Gasteiger partial charge < -0.3 is 4.74 Å². The fraction of sp³-hybridized carbons (Fsp3) is 0.273. The Morgan fingerprint density at radius 1 is 1.39 bits per heavy atom. The number of rotatable bonds is 4. The third-order valence-electron chi connectivity index (χ3n) is 2.13. The standard InChI is InChI=1S/C11H12N2O4S/c1-17-11(14)13(18(15,16)8-7-12)9-10-5-3-2-4-6-10/h2-6H,8-9H2,1H3. The zero-order chi connectivity index (χ0) is 13.6. The van der Waals surface area contributed by atoms with Crippen LogP contribution < -0.4 is 0 Å². The monoisotopic (exact) mass is 268 g/mol. The number of hydrogen-bond donors (Lipinski definition) is 0. The number of hydrogen-bond acceptors (Lipinski definition) is 5. The number of ether oxygens (including phenoxy) is 1. The highest BCUT2D eigenvalue weighted by molar-refractivity contribution is 7.89. The lowest BCUT2D eigenvalue weighted by atomic mass is 10.2. The van der Waals surface area contributed by atoms with Gasteiger partial charge in [-0.3, -0.25) is 0 Å². The molecule has 0 aliphatic rings. The molecule has 1 amide bonds. The van der Waals surface area contributed by atoms with E-state index in [9.17, 15) is 13.2 Å². The number of amides is 1. The summed E-state index contributed by atoms with van der Waals surface area (Å²) in [7, 11) is -2.90. The molecule has 0 fully saturated rings. The predicted octanol–water partition coefficient (Wildman–Crippen LogP) is 1.11. The van der Waals surface area contributed by atoms with Gasteiger partial charge in [-0.1, -0.05) is 30.3 Å².